The van der Waals surface area contributed by atoms with Crippen molar-refractivity contribution < 1.29 is 13.2 Å². The van der Waals surface area contributed by atoms with Crippen molar-refractivity contribution in [3.63, 3.8) is 0 Å². The highest BCUT2D eigenvalue weighted by Gasteiger charge is 2.33. The molecule has 0 unspecified atom stereocenters. The molecule has 0 aliphatic rings. The zero-order chi connectivity index (χ0) is 11.3. The maximum atomic E-state index is 12.1. The van der Waals surface area contributed by atoms with Gasteiger partial charge in [-0.1, -0.05) is 5.11 Å². The van der Waals surface area contributed by atoms with Crippen LogP contribution in [0.1, 0.15) is 12.1 Å². The van der Waals surface area contributed by atoms with Crippen LogP contribution in [0.4, 0.5) is 13.2 Å². The van der Waals surface area contributed by atoms with Crippen molar-refractivity contribution in [1.82, 2.24) is 9.78 Å². The fourth-order valence-electron chi connectivity index (χ4n) is 0.986. The van der Waals surface area contributed by atoms with Gasteiger partial charge in [-0.2, -0.15) is 18.3 Å². The molecular formula is C7H8F3N5. The van der Waals surface area contributed by atoms with Gasteiger partial charge in [-0.15, -0.1) is 0 Å². The highest BCUT2D eigenvalue weighted by atomic mass is 19.4. The van der Waals surface area contributed by atoms with Crippen LogP contribution in [-0.4, -0.2) is 16.3 Å². The maximum absolute atomic E-state index is 12.1. The van der Waals surface area contributed by atoms with Crippen LogP contribution in [0.2, 0.25) is 0 Å². The van der Waals surface area contributed by atoms with Crippen molar-refractivity contribution in [3.8, 4) is 0 Å². The Morgan fingerprint density at radius 2 is 2.27 bits per heavy atom. The van der Waals surface area contributed by atoms with E-state index in [9.17, 15) is 13.2 Å². The molecule has 0 saturated heterocycles. The van der Waals surface area contributed by atoms with Gasteiger partial charge in [-0.3, -0.25) is 4.68 Å². The van der Waals surface area contributed by atoms with Crippen molar-refractivity contribution in [1.29, 1.82) is 0 Å². The molecule has 0 aromatic carbocycles. The Morgan fingerprint density at radius 3 is 2.80 bits per heavy atom. The molecule has 1 aromatic rings. The standard InChI is InChI=1S/C7H8F3N5/c8-7(9,10)6-2-5-15(13-6)4-1-3-12-14-11/h2,5H,1,3-4H2. The van der Waals surface area contributed by atoms with Gasteiger partial charge in [0.15, 0.2) is 5.69 Å². The molecule has 0 amide bonds. The third-order valence-electron chi connectivity index (χ3n) is 1.64. The lowest BCUT2D eigenvalue weighted by Gasteiger charge is -2.01. The Bertz CT molecular complexity index is 363. The van der Waals surface area contributed by atoms with Gasteiger partial charge < -0.3 is 0 Å². The minimum atomic E-state index is -4.41. The Labute approximate surface area is 83.1 Å². The number of nitrogens with zero attached hydrogens (tertiary/aromatic N) is 5. The molecule has 0 atom stereocenters. The number of hydrogen-bond donors (Lipinski definition) is 0. The summed E-state index contributed by atoms with van der Waals surface area (Å²) in [6, 6.07) is 0.910. The smallest absolute Gasteiger partial charge is 0.272 e. The number of aromatic nitrogens is 2. The van der Waals surface area contributed by atoms with Crippen LogP contribution in [0, 0.1) is 0 Å². The van der Waals surface area contributed by atoms with E-state index in [0.717, 1.165) is 6.07 Å². The summed E-state index contributed by atoms with van der Waals surface area (Å²) < 4.78 is 37.5. The number of alkyl halides is 3. The van der Waals surface area contributed by atoms with Crippen molar-refractivity contribution in [2.75, 3.05) is 6.54 Å². The highest BCUT2D eigenvalue weighted by Crippen LogP contribution is 2.27. The van der Waals surface area contributed by atoms with Gasteiger partial charge in [0.2, 0.25) is 0 Å². The lowest BCUT2D eigenvalue weighted by Crippen LogP contribution is -2.08. The first-order valence-electron chi connectivity index (χ1n) is 4.15. The Kier molecular flexibility index (Phi) is 3.56. The van der Waals surface area contributed by atoms with Gasteiger partial charge in [-0.05, 0) is 18.0 Å². The number of azide groups is 1. The summed E-state index contributed by atoms with van der Waals surface area (Å²) >= 11 is 0. The SMILES string of the molecule is [N-]=[N+]=NCCCn1ccc(C(F)(F)F)n1. The first kappa shape index (κ1) is 11.4. The van der Waals surface area contributed by atoms with Gasteiger partial charge in [0.25, 0.3) is 0 Å². The molecule has 0 saturated carbocycles. The minimum Gasteiger partial charge on any atom is -0.272 e. The molecule has 0 bridgehead atoms. The lowest BCUT2D eigenvalue weighted by atomic mass is 10.4. The minimum absolute atomic E-state index is 0.248. The van der Waals surface area contributed by atoms with Crippen LogP contribution in [-0.2, 0) is 12.7 Å². The maximum Gasteiger partial charge on any atom is 0.435 e. The number of halogens is 3. The lowest BCUT2D eigenvalue weighted by molar-refractivity contribution is -0.141. The van der Waals surface area contributed by atoms with Gasteiger partial charge >= 0.3 is 6.18 Å². The molecule has 0 N–H and O–H groups in total. The molecule has 0 aliphatic heterocycles. The van der Waals surface area contributed by atoms with Crippen molar-refractivity contribution in [3.05, 3.63) is 28.4 Å². The second-order valence-corrected chi connectivity index (χ2v) is 2.77. The molecule has 1 aromatic heterocycles. The zero-order valence-electron chi connectivity index (χ0n) is 7.65. The van der Waals surface area contributed by atoms with Crippen LogP contribution in [0.25, 0.3) is 10.4 Å². The largest absolute Gasteiger partial charge is 0.435 e. The molecule has 0 radical (unpaired) electrons. The molecule has 15 heavy (non-hydrogen) atoms. The van der Waals surface area contributed by atoms with Crippen molar-refractivity contribution in [2.45, 2.75) is 19.1 Å². The van der Waals surface area contributed by atoms with Gasteiger partial charge in [0.05, 0.1) is 0 Å². The van der Waals surface area contributed by atoms with Crippen molar-refractivity contribution >= 4 is 0 Å². The normalized spacial score (nSPS) is 11.1. The summed E-state index contributed by atoms with van der Waals surface area (Å²) in [5.74, 6) is 0. The predicted octanol–water partition coefficient (Wildman–Crippen LogP) is 2.60. The summed E-state index contributed by atoms with van der Waals surface area (Å²) in [5.41, 5.74) is 7.05. The predicted molar refractivity (Wildman–Crippen MR) is 45.9 cm³/mol. The molecule has 0 fully saturated rings. The van der Waals surface area contributed by atoms with E-state index in [1.54, 1.807) is 0 Å². The van der Waals surface area contributed by atoms with Crippen molar-refractivity contribution in [2.24, 2.45) is 5.11 Å². The fraction of sp³-hybridized carbons (Fsp3) is 0.571. The third kappa shape index (κ3) is 3.51. The van der Waals surface area contributed by atoms with Crippen LogP contribution in [0.5, 0.6) is 0 Å². The second-order valence-electron chi connectivity index (χ2n) is 2.77. The highest BCUT2D eigenvalue weighted by molar-refractivity contribution is 5.03. The first-order chi connectivity index (χ1) is 7.04. The first-order valence-corrected chi connectivity index (χ1v) is 4.15. The quantitative estimate of drug-likeness (QED) is 0.332. The molecule has 0 spiro atoms. The Hall–Kier alpha value is -1.69. The molecule has 82 valence electrons. The van der Waals surface area contributed by atoms with E-state index in [1.165, 1.54) is 10.9 Å². The van der Waals surface area contributed by atoms with Crippen LogP contribution >= 0.6 is 0 Å². The Morgan fingerprint density at radius 1 is 1.53 bits per heavy atom. The molecule has 0 aliphatic carbocycles. The summed E-state index contributed by atoms with van der Waals surface area (Å²) in [6.07, 6.45) is -2.70. The van der Waals surface area contributed by atoms with E-state index in [0.29, 0.717) is 13.0 Å². The summed E-state index contributed by atoms with van der Waals surface area (Å²) in [6.45, 7) is 0.548. The van der Waals surface area contributed by atoms with Gasteiger partial charge in [-0.25, -0.2) is 0 Å². The number of aryl methyl sites for hydroxylation is 1. The molecule has 1 heterocycles. The van der Waals surface area contributed by atoms with E-state index in [4.69, 9.17) is 5.53 Å². The molecular weight excluding hydrogens is 211 g/mol. The molecule has 5 nitrogen and oxygen atoms in total. The van der Waals surface area contributed by atoms with E-state index >= 15 is 0 Å². The fourth-order valence-corrected chi connectivity index (χ4v) is 0.986. The summed E-state index contributed by atoms with van der Waals surface area (Å²) in [5, 5.41) is 6.60. The molecule has 1 rings (SSSR count). The van der Waals surface area contributed by atoms with E-state index < -0.39 is 11.9 Å². The van der Waals surface area contributed by atoms with E-state index in [1.807, 2.05) is 0 Å². The van der Waals surface area contributed by atoms with Crippen LogP contribution < -0.4 is 0 Å². The molecule has 8 heteroatoms. The third-order valence-corrected chi connectivity index (χ3v) is 1.64. The van der Waals surface area contributed by atoms with Gasteiger partial charge in [0.1, 0.15) is 0 Å². The number of hydrogen-bond acceptors (Lipinski definition) is 2. The summed E-state index contributed by atoms with van der Waals surface area (Å²) in [7, 11) is 0. The summed E-state index contributed by atoms with van der Waals surface area (Å²) in [4.78, 5) is 2.53. The zero-order valence-corrected chi connectivity index (χ0v) is 7.65. The van der Waals surface area contributed by atoms with Crippen LogP contribution in [0.3, 0.4) is 0 Å². The second kappa shape index (κ2) is 4.70. The Balaban J connectivity index is 2.50. The van der Waals surface area contributed by atoms with Crippen LogP contribution in [0.15, 0.2) is 17.4 Å². The topological polar surface area (TPSA) is 66.6 Å². The van der Waals surface area contributed by atoms with Gasteiger partial charge in [0, 0.05) is 24.2 Å². The van der Waals surface area contributed by atoms with E-state index in [2.05, 4.69) is 15.1 Å². The monoisotopic (exact) mass is 219 g/mol. The average molecular weight is 219 g/mol. The number of rotatable bonds is 4. The van der Waals surface area contributed by atoms with E-state index in [-0.39, 0.29) is 6.54 Å². The average Bonchev–Trinajstić information content (AvgIpc) is 2.60.